The molecule has 4 nitrogen and oxygen atoms in total. The third kappa shape index (κ3) is 3.30. The summed E-state index contributed by atoms with van der Waals surface area (Å²) in [5.41, 5.74) is 0.688. The number of amides is 1. The predicted molar refractivity (Wildman–Crippen MR) is 81.9 cm³/mol. The molecule has 2 rings (SSSR count). The van der Waals surface area contributed by atoms with Crippen molar-refractivity contribution in [1.82, 2.24) is 9.88 Å². The molecule has 2 heterocycles. The molecule has 0 aromatic carbocycles. The number of aromatic nitrogens is 1. The molecule has 0 aliphatic carbocycles. The lowest BCUT2D eigenvalue weighted by atomic mass is 9.91. The van der Waals surface area contributed by atoms with Crippen LogP contribution in [0.15, 0.2) is 18.3 Å². The number of carbonyl (C=O) groups excluding carboxylic acids is 1. The monoisotopic (exact) mass is 275 g/mol. The average molecular weight is 275 g/mol. The van der Waals surface area contributed by atoms with Crippen LogP contribution in [0, 0.1) is 5.92 Å². The van der Waals surface area contributed by atoms with Crippen molar-refractivity contribution in [1.29, 1.82) is 0 Å². The van der Waals surface area contributed by atoms with E-state index in [0.717, 1.165) is 31.7 Å². The van der Waals surface area contributed by atoms with Crippen LogP contribution in [0.3, 0.4) is 0 Å². The molecule has 0 spiro atoms. The standard InChI is InChI=1S/C16H25N3O/c1-4-9-17-15-8-7-14(11-18-15)16(20)19-10-5-6-12(2)13(19)3/h7-8,11-13H,4-6,9-10H2,1-3H3,(H,17,18). The lowest BCUT2D eigenvalue weighted by molar-refractivity contribution is 0.0550. The van der Waals surface area contributed by atoms with Crippen LogP contribution in [0.4, 0.5) is 5.82 Å². The summed E-state index contributed by atoms with van der Waals surface area (Å²) in [5, 5.41) is 3.22. The van der Waals surface area contributed by atoms with Crippen molar-refractivity contribution >= 4 is 11.7 Å². The van der Waals surface area contributed by atoms with E-state index in [1.807, 2.05) is 17.0 Å². The number of nitrogens with one attached hydrogen (secondary N) is 1. The second-order valence-electron chi connectivity index (χ2n) is 5.72. The molecule has 1 fully saturated rings. The predicted octanol–water partition coefficient (Wildman–Crippen LogP) is 3.16. The van der Waals surface area contributed by atoms with Crippen molar-refractivity contribution < 1.29 is 4.79 Å². The maximum Gasteiger partial charge on any atom is 0.255 e. The Labute approximate surface area is 121 Å². The number of carbonyl (C=O) groups is 1. The van der Waals surface area contributed by atoms with E-state index in [1.165, 1.54) is 6.42 Å². The van der Waals surface area contributed by atoms with Crippen molar-refractivity contribution in [2.75, 3.05) is 18.4 Å². The van der Waals surface area contributed by atoms with Gasteiger partial charge in [0.05, 0.1) is 5.56 Å². The van der Waals surface area contributed by atoms with Gasteiger partial charge >= 0.3 is 0 Å². The molecular weight excluding hydrogens is 250 g/mol. The normalized spacial score (nSPS) is 22.6. The van der Waals surface area contributed by atoms with Crippen LogP contribution in [0.1, 0.15) is 50.4 Å². The summed E-state index contributed by atoms with van der Waals surface area (Å²) < 4.78 is 0. The maximum absolute atomic E-state index is 12.5. The zero-order chi connectivity index (χ0) is 14.5. The fourth-order valence-electron chi connectivity index (χ4n) is 2.67. The van der Waals surface area contributed by atoms with E-state index in [9.17, 15) is 4.79 Å². The largest absolute Gasteiger partial charge is 0.370 e. The molecule has 2 unspecified atom stereocenters. The van der Waals surface area contributed by atoms with E-state index in [0.29, 0.717) is 17.5 Å². The fraction of sp³-hybridized carbons (Fsp3) is 0.625. The summed E-state index contributed by atoms with van der Waals surface area (Å²) in [6, 6.07) is 4.08. The third-order valence-electron chi connectivity index (χ3n) is 4.20. The molecule has 110 valence electrons. The van der Waals surface area contributed by atoms with Crippen molar-refractivity contribution in [3.8, 4) is 0 Å². The van der Waals surface area contributed by atoms with Crippen molar-refractivity contribution in [2.24, 2.45) is 5.92 Å². The van der Waals surface area contributed by atoms with Gasteiger partial charge in [0.2, 0.25) is 0 Å². The summed E-state index contributed by atoms with van der Waals surface area (Å²) in [5.74, 6) is 1.52. The van der Waals surface area contributed by atoms with Crippen molar-refractivity contribution in [2.45, 2.75) is 46.1 Å². The topological polar surface area (TPSA) is 45.2 Å². The molecule has 1 aromatic heterocycles. The fourth-order valence-corrected chi connectivity index (χ4v) is 2.67. The Balaban J connectivity index is 2.05. The van der Waals surface area contributed by atoms with Crippen LogP contribution >= 0.6 is 0 Å². The minimum Gasteiger partial charge on any atom is -0.370 e. The number of likely N-dealkylation sites (tertiary alicyclic amines) is 1. The first kappa shape index (κ1) is 14.8. The highest BCUT2D eigenvalue weighted by Crippen LogP contribution is 2.24. The highest BCUT2D eigenvalue weighted by molar-refractivity contribution is 5.94. The van der Waals surface area contributed by atoms with Crippen LogP contribution in [-0.2, 0) is 0 Å². The summed E-state index contributed by atoms with van der Waals surface area (Å²) in [6.07, 6.45) is 5.06. The highest BCUT2D eigenvalue weighted by atomic mass is 16.2. The van der Waals surface area contributed by atoms with E-state index in [4.69, 9.17) is 0 Å². The van der Waals surface area contributed by atoms with E-state index < -0.39 is 0 Å². The van der Waals surface area contributed by atoms with Gasteiger partial charge in [0, 0.05) is 25.3 Å². The van der Waals surface area contributed by atoms with Crippen LogP contribution in [0.25, 0.3) is 0 Å². The van der Waals surface area contributed by atoms with Gasteiger partial charge in [-0.05, 0) is 44.2 Å². The zero-order valence-electron chi connectivity index (χ0n) is 12.7. The first-order chi connectivity index (χ1) is 9.63. The molecule has 1 amide bonds. The first-order valence-corrected chi connectivity index (χ1v) is 7.64. The number of nitrogens with zero attached hydrogens (tertiary/aromatic N) is 2. The zero-order valence-corrected chi connectivity index (χ0v) is 12.7. The first-order valence-electron chi connectivity index (χ1n) is 7.64. The van der Waals surface area contributed by atoms with Crippen LogP contribution in [-0.4, -0.2) is 34.9 Å². The van der Waals surface area contributed by atoms with Crippen molar-refractivity contribution in [3.05, 3.63) is 23.9 Å². The minimum atomic E-state index is 0.110. The molecule has 1 aliphatic rings. The Morgan fingerprint density at radius 1 is 1.45 bits per heavy atom. The molecule has 1 saturated heterocycles. The Kier molecular flexibility index (Phi) is 4.99. The molecular formula is C16H25N3O. The summed E-state index contributed by atoms with van der Waals surface area (Å²) in [4.78, 5) is 18.9. The van der Waals surface area contributed by atoms with E-state index >= 15 is 0 Å². The molecule has 20 heavy (non-hydrogen) atoms. The quantitative estimate of drug-likeness (QED) is 0.918. The summed E-state index contributed by atoms with van der Waals surface area (Å²) >= 11 is 0. The Morgan fingerprint density at radius 3 is 2.90 bits per heavy atom. The number of piperidine rings is 1. The average Bonchev–Trinajstić information content (AvgIpc) is 2.48. The van der Waals surface area contributed by atoms with Gasteiger partial charge in [-0.25, -0.2) is 4.98 Å². The Hall–Kier alpha value is -1.58. The number of rotatable bonds is 4. The highest BCUT2D eigenvalue weighted by Gasteiger charge is 2.28. The van der Waals surface area contributed by atoms with Gasteiger partial charge in [-0.15, -0.1) is 0 Å². The lowest BCUT2D eigenvalue weighted by Gasteiger charge is -2.37. The number of hydrogen-bond donors (Lipinski definition) is 1. The second kappa shape index (κ2) is 6.73. The van der Waals surface area contributed by atoms with E-state index in [1.54, 1.807) is 6.20 Å². The smallest absolute Gasteiger partial charge is 0.255 e. The Bertz CT molecular complexity index is 444. The van der Waals surface area contributed by atoms with Gasteiger partial charge in [0.1, 0.15) is 5.82 Å². The van der Waals surface area contributed by atoms with Gasteiger partial charge in [0.25, 0.3) is 5.91 Å². The van der Waals surface area contributed by atoms with Crippen LogP contribution in [0.2, 0.25) is 0 Å². The Morgan fingerprint density at radius 2 is 2.25 bits per heavy atom. The third-order valence-corrected chi connectivity index (χ3v) is 4.20. The molecule has 1 aromatic rings. The van der Waals surface area contributed by atoms with E-state index in [2.05, 4.69) is 31.1 Å². The van der Waals surface area contributed by atoms with Gasteiger partial charge in [0.15, 0.2) is 0 Å². The molecule has 2 atom stereocenters. The van der Waals surface area contributed by atoms with Gasteiger partial charge in [-0.2, -0.15) is 0 Å². The van der Waals surface area contributed by atoms with Crippen LogP contribution in [0.5, 0.6) is 0 Å². The molecule has 0 radical (unpaired) electrons. The number of hydrogen-bond acceptors (Lipinski definition) is 3. The van der Waals surface area contributed by atoms with Gasteiger partial charge in [-0.3, -0.25) is 4.79 Å². The molecule has 0 bridgehead atoms. The van der Waals surface area contributed by atoms with Crippen LogP contribution < -0.4 is 5.32 Å². The molecule has 1 aliphatic heterocycles. The number of pyridine rings is 1. The molecule has 0 saturated carbocycles. The number of anilines is 1. The summed E-state index contributed by atoms with van der Waals surface area (Å²) in [7, 11) is 0. The SMILES string of the molecule is CCCNc1ccc(C(=O)N2CCCC(C)C2C)cn1. The van der Waals surface area contributed by atoms with Gasteiger partial charge in [-0.1, -0.05) is 13.8 Å². The molecule has 4 heteroatoms. The van der Waals surface area contributed by atoms with E-state index in [-0.39, 0.29) is 5.91 Å². The summed E-state index contributed by atoms with van der Waals surface area (Å²) in [6.45, 7) is 8.25. The van der Waals surface area contributed by atoms with Crippen molar-refractivity contribution in [3.63, 3.8) is 0 Å². The van der Waals surface area contributed by atoms with Gasteiger partial charge < -0.3 is 10.2 Å². The lowest BCUT2D eigenvalue weighted by Crippen LogP contribution is -2.46. The maximum atomic E-state index is 12.5. The molecule has 1 N–H and O–H groups in total. The second-order valence-corrected chi connectivity index (χ2v) is 5.72. The minimum absolute atomic E-state index is 0.110.